The second-order valence-electron chi connectivity index (χ2n) is 2.04. The van der Waals surface area contributed by atoms with Crippen molar-refractivity contribution in [1.82, 2.24) is 0 Å². The van der Waals surface area contributed by atoms with E-state index in [-0.39, 0.29) is 42.2 Å². The fourth-order valence-electron chi connectivity index (χ4n) is 0.714. The summed E-state index contributed by atoms with van der Waals surface area (Å²) in [6.45, 7) is 0. The van der Waals surface area contributed by atoms with E-state index in [0.717, 1.165) is 12.1 Å². The van der Waals surface area contributed by atoms with Crippen LogP contribution in [0.5, 0.6) is 0 Å². The first-order chi connectivity index (χ1) is 5.11. The number of hydrogen-bond donors (Lipinski definition) is 2. The number of carbonyl (C=O) groups is 1. The zero-order valence-corrected chi connectivity index (χ0v) is 8.54. The van der Waals surface area contributed by atoms with E-state index in [0.29, 0.717) is 0 Å². The largest absolute Gasteiger partial charge is 1.00 e. The molecule has 60 valence electrons. The summed E-state index contributed by atoms with van der Waals surface area (Å²) < 4.78 is 12.4. The van der Waals surface area contributed by atoms with E-state index in [1.807, 2.05) is 0 Å². The Bertz CT molecular complexity index is 309. The van der Waals surface area contributed by atoms with Gasteiger partial charge in [0.1, 0.15) is 5.82 Å². The van der Waals surface area contributed by atoms with Crippen LogP contribution in [0, 0.1) is 5.82 Å². The summed E-state index contributed by atoms with van der Waals surface area (Å²) in [5.41, 5.74) is 5.11. The van der Waals surface area contributed by atoms with Crippen LogP contribution in [0.1, 0.15) is 11.8 Å². The third-order valence-electron chi connectivity index (χ3n) is 1.25. The first-order valence-corrected chi connectivity index (χ1v) is 2.89. The summed E-state index contributed by atoms with van der Waals surface area (Å²) in [6, 6.07) is 3.22. The van der Waals surface area contributed by atoms with Gasteiger partial charge in [-0.15, -0.1) is 0 Å². The second-order valence-corrected chi connectivity index (χ2v) is 2.04. The first-order valence-electron chi connectivity index (χ1n) is 2.89. The van der Waals surface area contributed by atoms with Gasteiger partial charge in [-0.3, -0.25) is 0 Å². The van der Waals surface area contributed by atoms with Crippen LogP contribution in [0.3, 0.4) is 0 Å². The summed E-state index contributed by atoms with van der Waals surface area (Å²) in [6.07, 6.45) is 0. The number of aromatic carboxylic acids is 1. The SMILES string of the molecule is Nc1ccc(F)cc1C(=O)O.[H-].[Na+]. The fraction of sp³-hybridized carbons (Fsp3) is 0. The molecule has 0 amide bonds. The molecular formula is C7H7FNNaO2. The number of nitrogen functional groups attached to an aromatic ring is 1. The Morgan fingerprint density at radius 1 is 1.58 bits per heavy atom. The van der Waals surface area contributed by atoms with Crippen LogP contribution < -0.4 is 35.3 Å². The van der Waals surface area contributed by atoms with E-state index in [2.05, 4.69) is 0 Å². The fourth-order valence-corrected chi connectivity index (χ4v) is 0.714. The molecule has 0 aliphatic heterocycles. The molecule has 0 radical (unpaired) electrons. The van der Waals surface area contributed by atoms with Crippen molar-refractivity contribution in [2.75, 3.05) is 5.73 Å². The smallest absolute Gasteiger partial charge is 1.00 e. The van der Waals surface area contributed by atoms with Crippen LogP contribution in [-0.2, 0) is 0 Å². The van der Waals surface area contributed by atoms with Gasteiger partial charge >= 0.3 is 35.5 Å². The zero-order valence-electron chi connectivity index (χ0n) is 7.54. The predicted molar refractivity (Wildman–Crippen MR) is 38.9 cm³/mol. The van der Waals surface area contributed by atoms with Crippen molar-refractivity contribution in [2.24, 2.45) is 0 Å². The van der Waals surface area contributed by atoms with Gasteiger partial charge in [0.25, 0.3) is 0 Å². The van der Waals surface area contributed by atoms with Crippen molar-refractivity contribution in [3.8, 4) is 0 Å². The average molecular weight is 179 g/mol. The van der Waals surface area contributed by atoms with Gasteiger partial charge in [-0.05, 0) is 18.2 Å². The summed E-state index contributed by atoms with van der Waals surface area (Å²) in [7, 11) is 0. The molecule has 12 heavy (non-hydrogen) atoms. The Kier molecular flexibility index (Phi) is 4.23. The number of benzene rings is 1. The second kappa shape index (κ2) is 4.45. The molecule has 5 heteroatoms. The van der Waals surface area contributed by atoms with Crippen LogP contribution in [0.2, 0.25) is 0 Å². The maximum atomic E-state index is 12.4. The number of hydrogen-bond acceptors (Lipinski definition) is 2. The molecule has 0 unspecified atom stereocenters. The van der Waals surface area contributed by atoms with E-state index in [1.54, 1.807) is 0 Å². The molecule has 0 bridgehead atoms. The van der Waals surface area contributed by atoms with Gasteiger partial charge in [-0.1, -0.05) is 0 Å². The molecule has 3 N–H and O–H groups in total. The molecule has 0 spiro atoms. The molecular weight excluding hydrogens is 172 g/mol. The molecule has 0 aliphatic rings. The Morgan fingerprint density at radius 3 is 2.58 bits per heavy atom. The predicted octanol–water partition coefficient (Wildman–Crippen LogP) is -1.78. The van der Waals surface area contributed by atoms with Crippen molar-refractivity contribution in [3.05, 3.63) is 29.6 Å². The number of rotatable bonds is 1. The normalized spacial score (nSPS) is 8.75. The zero-order chi connectivity index (χ0) is 8.43. The number of anilines is 1. The monoisotopic (exact) mass is 179 g/mol. The molecule has 0 heterocycles. The Balaban J connectivity index is 0. The third-order valence-corrected chi connectivity index (χ3v) is 1.25. The molecule has 3 nitrogen and oxygen atoms in total. The molecule has 0 aliphatic carbocycles. The van der Waals surface area contributed by atoms with Crippen molar-refractivity contribution in [1.29, 1.82) is 0 Å². The first kappa shape index (κ1) is 11.4. The van der Waals surface area contributed by atoms with Crippen LogP contribution in [-0.4, -0.2) is 11.1 Å². The minimum Gasteiger partial charge on any atom is -1.00 e. The van der Waals surface area contributed by atoms with Crippen LogP contribution in [0.15, 0.2) is 18.2 Å². The molecule has 0 fully saturated rings. The summed E-state index contributed by atoms with van der Waals surface area (Å²) >= 11 is 0. The molecule has 1 rings (SSSR count). The standard InChI is InChI=1S/C7H6FNO2.Na.H/c8-4-1-2-6(9)5(3-4)7(10)11;;/h1-3H,9H2,(H,10,11);;/q;+1;-1. The van der Waals surface area contributed by atoms with Crippen LogP contribution >= 0.6 is 0 Å². The molecule has 0 atom stereocenters. The number of carboxylic acid groups (broad SMARTS) is 1. The average Bonchev–Trinajstić information content (AvgIpc) is 1.94. The van der Waals surface area contributed by atoms with E-state index in [9.17, 15) is 9.18 Å². The van der Waals surface area contributed by atoms with Crippen molar-refractivity contribution < 1.29 is 45.3 Å². The van der Waals surface area contributed by atoms with E-state index < -0.39 is 11.8 Å². The number of halogens is 1. The Labute approximate surface area is 92.2 Å². The van der Waals surface area contributed by atoms with E-state index in [1.165, 1.54) is 6.07 Å². The Hall–Kier alpha value is -0.580. The van der Waals surface area contributed by atoms with Gasteiger partial charge in [0.15, 0.2) is 0 Å². The van der Waals surface area contributed by atoms with Crippen LogP contribution in [0.4, 0.5) is 10.1 Å². The topological polar surface area (TPSA) is 63.3 Å². The minimum atomic E-state index is -1.22. The van der Waals surface area contributed by atoms with Crippen LogP contribution in [0.25, 0.3) is 0 Å². The number of carboxylic acids is 1. The maximum absolute atomic E-state index is 12.4. The van der Waals surface area contributed by atoms with Crippen molar-refractivity contribution in [2.45, 2.75) is 0 Å². The van der Waals surface area contributed by atoms with E-state index >= 15 is 0 Å². The molecule has 0 saturated carbocycles. The van der Waals surface area contributed by atoms with E-state index in [4.69, 9.17) is 10.8 Å². The molecule has 1 aromatic carbocycles. The van der Waals surface area contributed by atoms with Crippen molar-refractivity contribution >= 4 is 11.7 Å². The molecule has 0 saturated heterocycles. The van der Waals surface area contributed by atoms with Gasteiger partial charge < -0.3 is 12.3 Å². The summed E-state index contributed by atoms with van der Waals surface area (Å²) in [5.74, 6) is -1.82. The number of nitrogens with two attached hydrogens (primary N) is 1. The van der Waals surface area contributed by atoms with Gasteiger partial charge in [0.2, 0.25) is 0 Å². The minimum absolute atomic E-state index is 0. The maximum Gasteiger partial charge on any atom is 1.00 e. The molecule has 1 aromatic rings. The summed E-state index contributed by atoms with van der Waals surface area (Å²) in [4.78, 5) is 10.3. The summed E-state index contributed by atoms with van der Waals surface area (Å²) in [5, 5.41) is 8.44. The third kappa shape index (κ3) is 2.48. The quantitative estimate of drug-likeness (QED) is 0.396. The van der Waals surface area contributed by atoms with Gasteiger partial charge in [-0.25, -0.2) is 9.18 Å². The van der Waals surface area contributed by atoms with Gasteiger partial charge in [0.05, 0.1) is 5.56 Å². The van der Waals surface area contributed by atoms with Gasteiger partial charge in [-0.2, -0.15) is 0 Å². The van der Waals surface area contributed by atoms with Gasteiger partial charge in [0, 0.05) is 5.69 Å². The van der Waals surface area contributed by atoms with Crippen molar-refractivity contribution in [3.63, 3.8) is 0 Å². The molecule has 0 aromatic heterocycles. The Morgan fingerprint density at radius 2 is 2.17 bits per heavy atom.